The molecule has 6 nitrogen and oxygen atoms in total. The van der Waals surface area contributed by atoms with Crippen LogP contribution in [0.3, 0.4) is 0 Å². The van der Waals surface area contributed by atoms with Crippen molar-refractivity contribution in [3.05, 3.63) is 53.6 Å². The van der Waals surface area contributed by atoms with Gasteiger partial charge in [-0.2, -0.15) is 0 Å². The number of carbonyl (C=O) groups excluding carboxylic acids is 2. The Balaban J connectivity index is 1.37. The molecule has 0 saturated carbocycles. The van der Waals surface area contributed by atoms with Crippen LogP contribution in [0.5, 0.6) is 0 Å². The van der Waals surface area contributed by atoms with E-state index in [1.54, 1.807) is 29.2 Å². The second-order valence-corrected chi connectivity index (χ2v) is 7.45. The Labute approximate surface area is 169 Å². The van der Waals surface area contributed by atoms with Gasteiger partial charge in [0.2, 0.25) is 11.8 Å². The fourth-order valence-electron chi connectivity index (χ4n) is 3.58. The van der Waals surface area contributed by atoms with Gasteiger partial charge in [0.05, 0.1) is 19.1 Å². The summed E-state index contributed by atoms with van der Waals surface area (Å²) in [6.07, 6.45) is 0.209. The monoisotopic (exact) mass is 399 g/mol. The van der Waals surface area contributed by atoms with Crippen LogP contribution in [-0.4, -0.2) is 44.7 Å². The second kappa shape index (κ2) is 8.20. The van der Waals surface area contributed by atoms with Crippen molar-refractivity contribution < 1.29 is 14.3 Å². The van der Waals surface area contributed by atoms with Crippen LogP contribution in [0.2, 0.25) is 5.02 Å². The van der Waals surface area contributed by atoms with E-state index in [4.69, 9.17) is 16.3 Å². The van der Waals surface area contributed by atoms with Gasteiger partial charge in [0.1, 0.15) is 0 Å². The summed E-state index contributed by atoms with van der Waals surface area (Å²) in [7, 11) is 0. The molecule has 2 aromatic carbocycles. The predicted octanol–water partition coefficient (Wildman–Crippen LogP) is 3.17. The second-order valence-electron chi connectivity index (χ2n) is 7.02. The average Bonchev–Trinajstić information content (AvgIpc) is 3.12. The summed E-state index contributed by atoms with van der Waals surface area (Å²) in [5.74, 6) is -0.559. The van der Waals surface area contributed by atoms with Crippen molar-refractivity contribution in [2.75, 3.05) is 48.0 Å². The first-order chi connectivity index (χ1) is 13.6. The van der Waals surface area contributed by atoms with Crippen LogP contribution in [0, 0.1) is 5.92 Å². The quantitative estimate of drug-likeness (QED) is 0.857. The number of amides is 2. The number of hydrogen-bond donors (Lipinski definition) is 1. The molecule has 0 bridgehead atoms. The molecule has 2 aliphatic rings. The van der Waals surface area contributed by atoms with Crippen molar-refractivity contribution in [1.29, 1.82) is 0 Å². The standard InChI is InChI=1S/C21H22ClN3O3/c22-16-1-5-19(6-2-16)25-14-15(13-20(25)26)21(27)23-17-3-7-18(8-4-17)24-9-11-28-12-10-24/h1-8,15H,9-14H2,(H,23,27)/t15-/m1/s1. The molecule has 4 rings (SSSR count). The van der Waals surface area contributed by atoms with Gasteiger partial charge in [0.25, 0.3) is 0 Å². The van der Waals surface area contributed by atoms with E-state index in [1.807, 2.05) is 24.3 Å². The summed E-state index contributed by atoms with van der Waals surface area (Å²) >= 11 is 5.91. The first kappa shape index (κ1) is 18.8. The molecule has 0 unspecified atom stereocenters. The number of ether oxygens (including phenoxy) is 1. The highest BCUT2D eigenvalue weighted by Crippen LogP contribution is 2.27. The fraction of sp³-hybridized carbons (Fsp3) is 0.333. The van der Waals surface area contributed by atoms with Gasteiger partial charge in [-0.25, -0.2) is 0 Å². The molecule has 2 aromatic rings. The first-order valence-electron chi connectivity index (χ1n) is 9.40. The predicted molar refractivity (Wildman–Crippen MR) is 110 cm³/mol. The molecule has 0 spiro atoms. The van der Waals surface area contributed by atoms with E-state index in [9.17, 15) is 9.59 Å². The van der Waals surface area contributed by atoms with Gasteiger partial charge in [0, 0.05) is 48.1 Å². The van der Waals surface area contributed by atoms with Crippen LogP contribution >= 0.6 is 11.6 Å². The Morgan fingerprint density at radius 1 is 1.00 bits per heavy atom. The number of nitrogens with zero attached hydrogens (tertiary/aromatic N) is 2. The van der Waals surface area contributed by atoms with E-state index in [0.29, 0.717) is 11.6 Å². The van der Waals surface area contributed by atoms with Gasteiger partial charge in [-0.05, 0) is 48.5 Å². The Morgan fingerprint density at radius 3 is 2.32 bits per heavy atom. The smallest absolute Gasteiger partial charge is 0.229 e. The van der Waals surface area contributed by atoms with Crippen LogP contribution in [0.4, 0.5) is 17.1 Å². The summed E-state index contributed by atoms with van der Waals surface area (Å²) < 4.78 is 5.37. The lowest BCUT2D eigenvalue weighted by Gasteiger charge is -2.28. The zero-order valence-corrected chi connectivity index (χ0v) is 16.2. The van der Waals surface area contributed by atoms with Crippen LogP contribution in [0.1, 0.15) is 6.42 Å². The minimum Gasteiger partial charge on any atom is -0.378 e. The van der Waals surface area contributed by atoms with E-state index in [0.717, 1.165) is 43.4 Å². The third kappa shape index (κ3) is 4.13. The topological polar surface area (TPSA) is 61.9 Å². The third-order valence-electron chi connectivity index (χ3n) is 5.15. The van der Waals surface area contributed by atoms with E-state index < -0.39 is 0 Å². The molecule has 2 saturated heterocycles. The molecule has 0 radical (unpaired) electrons. The van der Waals surface area contributed by atoms with Crippen LogP contribution < -0.4 is 15.1 Å². The molecule has 0 aliphatic carbocycles. The SMILES string of the molecule is O=C(Nc1ccc(N2CCOCC2)cc1)[C@@H]1CC(=O)N(c2ccc(Cl)cc2)C1. The van der Waals surface area contributed by atoms with Crippen molar-refractivity contribution in [2.45, 2.75) is 6.42 Å². The lowest BCUT2D eigenvalue weighted by Crippen LogP contribution is -2.36. The van der Waals surface area contributed by atoms with Crippen molar-refractivity contribution in [2.24, 2.45) is 5.92 Å². The van der Waals surface area contributed by atoms with Gasteiger partial charge < -0.3 is 19.9 Å². The minimum atomic E-state index is -0.373. The normalized spacial score (nSPS) is 19.8. The molecular weight excluding hydrogens is 378 g/mol. The highest BCUT2D eigenvalue weighted by atomic mass is 35.5. The lowest BCUT2D eigenvalue weighted by molar-refractivity contribution is -0.122. The van der Waals surface area contributed by atoms with E-state index in [2.05, 4.69) is 10.2 Å². The molecule has 146 valence electrons. The molecule has 2 heterocycles. The molecule has 28 heavy (non-hydrogen) atoms. The van der Waals surface area contributed by atoms with E-state index in [1.165, 1.54) is 0 Å². The molecule has 2 amide bonds. The zero-order valence-electron chi connectivity index (χ0n) is 15.4. The molecule has 2 fully saturated rings. The molecular formula is C21H22ClN3O3. The average molecular weight is 400 g/mol. The van der Waals surface area contributed by atoms with Crippen LogP contribution in [0.25, 0.3) is 0 Å². The Kier molecular flexibility index (Phi) is 5.50. The number of hydrogen-bond acceptors (Lipinski definition) is 4. The maximum Gasteiger partial charge on any atom is 0.229 e. The van der Waals surface area contributed by atoms with Crippen LogP contribution in [0.15, 0.2) is 48.5 Å². The summed E-state index contributed by atoms with van der Waals surface area (Å²) in [6.45, 7) is 3.58. The van der Waals surface area contributed by atoms with Gasteiger partial charge in [-0.3, -0.25) is 9.59 Å². The van der Waals surface area contributed by atoms with Gasteiger partial charge in [-0.1, -0.05) is 11.6 Å². The van der Waals surface area contributed by atoms with Gasteiger partial charge in [-0.15, -0.1) is 0 Å². The van der Waals surface area contributed by atoms with Gasteiger partial charge >= 0.3 is 0 Å². The number of rotatable bonds is 4. The maximum absolute atomic E-state index is 12.6. The number of anilines is 3. The number of nitrogens with one attached hydrogen (secondary N) is 1. The molecule has 7 heteroatoms. The van der Waals surface area contributed by atoms with Crippen molar-refractivity contribution in [3.63, 3.8) is 0 Å². The summed E-state index contributed by atoms with van der Waals surface area (Å²) in [6, 6.07) is 14.9. The first-order valence-corrected chi connectivity index (χ1v) is 9.77. The molecule has 2 aliphatic heterocycles. The van der Waals surface area contributed by atoms with Gasteiger partial charge in [0.15, 0.2) is 0 Å². The molecule has 1 N–H and O–H groups in total. The summed E-state index contributed by atoms with van der Waals surface area (Å²) in [4.78, 5) is 28.9. The third-order valence-corrected chi connectivity index (χ3v) is 5.40. The minimum absolute atomic E-state index is 0.0508. The molecule has 1 atom stereocenters. The maximum atomic E-state index is 12.6. The van der Waals surface area contributed by atoms with E-state index >= 15 is 0 Å². The van der Waals surface area contributed by atoms with Crippen molar-refractivity contribution >= 4 is 40.5 Å². The fourth-order valence-corrected chi connectivity index (χ4v) is 3.70. The lowest BCUT2D eigenvalue weighted by atomic mass is 10.1. The van der Waals surface area contributed by atoms with Crippen LogP contribution in [-0.2, 0) is 14.3 Å². The summed E-state index contributed by atoms with van der Waals surface area (Å²) in [5.41, 5.74) is 2.62. The van der Waals surface area contributed by atoms with Crippen molar-refractivity contribution in [1.82, 2.24) is 0 Å². The highest BCUT2D eigenvalue weighted by Gasteiger charge is 2.35. The number of halogens is 1. The Hall–Kier alpha value is -2.57. The number of carbonyl (C=O) groups is 2. The Morgan fingerprint density at radius 2 is 1.64 bits per heavy atom. The zero-order chi connectivity index (χ0) is 19.5. The van der Waals surface area contributed by atoms with E-state index in [-0.39, 0.29) is 24.2 Å². The van der Waals surface area contributed by atoms with Crippen molar-refractivity contribution in [3.8, 4) is 0 Å². The number of benzene rings is 2. The summed E-state index contributed by atoms with van der Waals surface area (Å²) in [5, 5.41) is 3.55. The molecule has 0 aromatic heterocycles. The highest BCUT2D eigenvalue weighted by molar-refractivity contribution is 6.30. The largest absolute Gasteiger partial charge is 0.378 e. The number of morpholine rings is 1. The Bertz CT molecular complexity index is 848.